The van der Waals surface area contributed by atoms with Gasteiger partial charge in [0.05, 0.1) is 6.10 Å². The van der Waals surface area contributed by atoms with Gasteiger partial charge in [0.2, 0.25) is 0 Å². The average molecular weight is 160 g/mol. The monoisotopic (exact) mass is 160 g/mol. The molecular weight excluding hydrogens is 148 g/mol. The Morgan fingerprint density at radius 1 is 1.60 bits per heavy atom. The van der Waals surface area contributed by atoms with E-state index in [0.29, 0.717) is 0 Å². The lowest BCUT2D eigenvalue weighted by Gasteiger charge is -2.10. The first-order valence-electron chi connectivity index (χ1n) is 3.55. The highest BCUT2D eigenvalue weighted by molar-refractivity contribution is 8.14. The third-order valence-electron chi connectivity index (χ3n) is 1.74. The molecule has 0 aromatic rings. The molecule has 0 aromatic carbocycles. The summed E-state index contributed by atoms with van der Waals surface area (Å²) in [6, 6.07) is 0. The molecule has 58 valence electrons. The van der Waals surface area contributed by atoms with Gasteiger partial charge in [-0.2, -0.15) is 0 Å². The zero-order valence-electron chi connectivity index (χ0n) is 6.04. The standard InChI is InChI=1S/C7H12O2S/c1-5(8)10-7-4-2-3-6(7)9/h6-7,9H,2-4H2,1H3. The molecule has 1 aliphatic carbocycles. The van der Waals surface area contributed by atoms with Gasteiger partial charge in [-0.3, -0.25) is 4.79 Å². The van der Waals surface area contributed by atoms with Crippen LogP contribution in [-0.2, 0) is 4.79 Å². The molecule has 0 bridgehead atoms. The zero-order valence-corrected chi connectivity index (χ0v) is 6.86. The first-order valence-corrected chi connectivity index (χ1v) is 4.43. The van der Waals surface area contributed by atoms with Crippen LogP contribution in [0.15, 0.2) is 0 Å². The summed E-state index contributed by atoms with van der Waals surface area (Å²) in [7, 11) is 0. The number of rotatable bonds is 1. The molecule has 2 atom stereocenters. The van der Waals surface area contributed by atoms with Crippen molar-refractivity contribution in [3.63, 3.8) is 0 Å². The molecule has 0 heterocycles. The van der Waals surface area contributed by atoms with Crippen LogP contribution < -0.4 is 0 Å². The van der Waals surface area contributed by atoms with Gasteiger partial charge in [0.15, 0.2) is 5.12 Å². The highest BCUT2D eigenvalue weighted by atomic mass is 32.2. The van der Waals surface area contributed by atoms with Crippen LogP contribution in [0.1, 0.15) is 26.2 Å². The first kappa shape index (κ1) is 8.08. The summed E-state index contributed by atoms with van der Waals surface area (Å²) in [6.07, 6.45) is 2.68. The Kier molecular flexibility index (Phi) is 2.74. The fourth-order valence-electron chi connectivity index (χ4n) is 1.26. The van der Waals surface area contributed by atoms with E-state index in [1.165, 1.54) is 11.8 Å². The van der Waals surface area contributed by atoms with Crippen LogP contribution in [0.4, 0.5) is 0 Å². The third kappa shape index (κ3) is 1.99. The van der Waals surface area contributed by atoms with Crippen molar-refractivity contribution in [2.24, 2.45) is 0 Å². The van der Waals surface area contributed by atoms with Gasteiger partial charge in [0, 0.05) is 12.2 Å². The van der Waals surface area contributed by atoms with Gasteiger partial charge in [0.25, 0.3) is 0 Å². The number of aliphatic hydroxyl groups is 1. The molecule has 1 N–H and O–H groups in total. The van der Waals surface area contributed by atoms with Gasteiger partial charge in [-0.05, 0) is 19.3 Å². The van der Waals surface area contributed by atoms with Crippen LogP contribution in [0.2, 0.25) is 0 Å². The second-order valence-electron chi connectivity index (χ2n) is 2.65. The van der Waals surface area contributed by atoms with Crippen LogP contribution in [0.25, 0.3) is 0 Å². The second-order valence-corrected chi connectivity index (χ2v) is 4.06. The minimum atomic E-state index is -0.242. The van der Waals surface area contributed by atoms with Crippen molar-refractivity contribution in [3.05, 3.63) is 0 Å². The Labute approximate surface area is 65.0 Å². The summed E-state index contributed by atoms with van der Waals surface area (Å²) in [5.41, 5.74) is 0. The fourth-order valence-corrected chi connectivity index (χ4v) is 2.26. The van der Waals surface area contributed by atoms with Crippen LogP contribution in [-0.4, -0.2) is 21.6 Å². The van der Waals surface area contributed by atoms with Crippen LogP contribution in [0.5, 0.6) is 0 Å². The summed E-state index contributed by atoms with van der Waals surface area (Å²) in [4.78, 5) is 10.6. The number of thioether (sulfide) groups is 1. The van der Waals surface area contributed by atoms with Crippen molar-refractivity contribution in [2.45, 2.75) is 37.5 Å². The van der Waals surface area contributed by atoms with Crippen LogP contribution in [0, 0.1) is 0 Å². The Bertz CT molecular complexity index is 136. The van der Waals surface area contributed by atoms with Crippen molar-refractivity contribution < 1.29 is 9.90 Å². The lowest BCUT2D eigenvalue weighted by molar-refractivity contribution is -0.109. The molecule has 0 spiro atoms. The van der Waals surface area contributed by atoms with Gasteiger partial charge >= 0.3 is 0 Å². The highest BCUT2D eigenvalue weighted by Crippen LogP contribution is 2.29. The molecular formula is C7H12O2S. The maximum absolute atomic E-state index is 10.6. The molecule has 1 fully saturated rings. The summed E-state index contributed by atoms with van der Waals surface area (Å²) < 4.78 is 0. The zero-order chi connectivity index (χ0) is 7.56. The van der Waals surface area contributed by atoms with E-state index < -0.39 is 0 Å². The maximum Gasteiger partial charge on any atom is 0.186 e. The van der Waals surface area contributed by atoms with Crippen LogP contribution >= 0.6 is 11.8 Å². The van der Waals surface area contributed by atoms with E-state index >= 15 is 0 Å². The normalized spacial score (nSPS) is 32.6. The second kappa shape index (κ2) is 3.39. The quantitative estimate of drug-likeness (QED) is 0.626. The van der Waals surface area contributed by atoms with Gasteiger partial charge in [-0.1, -0.05) is 11.8 Å². The number of carbonyl (C=O) groups is 1. The van der Waals surface area contributed by atoms with Crippen molar-refractivity contribution in [3.8, 4) is 0 Å². The van der Waals surface area contributed by atoms with Gasteiger partial charge in [-0.25, -0.2) is 0 Å². The predicted octanol–water partition coefficient (Wildman–Crippen LogP) is 1.18. The molecule has 2 unspecified atom stereocenters. The van der Waals surface area contributed by atoms with Crippen molar-refractivity contribution in [1.29, 1.82) is 0 Å². The SMILES string of the molecule is CC(=O)SC1CCCC1O. The molecule has 0 radical (unpaired) electrons. The third-order valence-corrected chi connectivity index (χ3v) is 2.92. The van der Waals surface area contributed by atoms with Gasteiger partial charge in [-0.15, -0.1) is 0 Å². The summed E-state index contributed by atoms with van der Waals surface area (Å²) >= 11 is 1.28. The lowest BCUT2D eigenvalue weighted by atomic mass is 10.3. The summed E-state index contributed by atoms with van der Waals surface area (Å²) in [5.74, 6) is 0. The minimum Gasteiger partial charge on any atom is -0.392 e. The van der Waals surface area contributed by atoms with Crippen LogP contribution in [0.3, 0.4) is 0 Å². The van der Waals surface area contributed by atoms with E-state index in [1.807, 2.05) is 0 Å². The lowest BCUT2D eigenvalue weighted by Crippen LogP contribution is -2.16. The van der Waals surface area contributed by atoms with Gasteiger partial charge < -0.3 is 5.11 Å². The highest BCUT2D eigenvalue weighted by Gasteiger charge is 2.26. The summed E-state index contributed by atoms with van der Waals surface area (Å²) in [6.45, 7) is 1.55. The van der Waals surface area contributed by atoms with Crippen molar-refractivity contribution >= 4 is 16.9 Å². The summed E-state index contributed by atoms with van der Waals surface area (Å²) in [5, 5.41) is 9.56. The molecule has 10 heavy (non-hydrogen) atoms. The number of carbonyl (C=O) groups excluding carboxylic acids is 1. The van der Waals surface area contributed by atoms with E-state index in [9.17, 15) is 9.90 Å². The molecule has 0 saturated heterocycles. The first-order chi connectivity index (χ1) is 4.70. The maximum atomic E-state index is 10.6. The molecule has 0 amide bonds. The molecule has 1 aliphatic rings. The molecule has 3 heteroatoms. The molecule has 2 nitrogen and oxygen atoms in total. The minimum absolute atomic E-state index is 0.117. The van der Waals surface area contributed by atoms with E-state index in [4.69, 9.17) is 0 Å². The largest absolute Gasteiger partial charge is 0.392 e. The van der Waals surface area contributed by atoms with Crippen molar-refractivity contribution in [2.75, 3.05) is 0 Å². The Morgan fingerprint density at radius 2 is 2.30 bits per heavy atom. The predicted molar refractivity (Wildman–Crippen MR) is 41.9 cm³/mol. The fraction of sp³-hybridized carbons (Fsp3) is 0.857. The van der Waals surface area contributed by atoms with E-state index in [1.54, 1.807) is 6.92 Å². The Balaban J connectivity index is 2.33. The number of aliphatic hydroxyl groups excluding tert-OH is 1. The van der Waals surface area contributed by atoms with Gasteiger partial charge in [0.1, 0.15) is 0 Å². The molecule has 0 aliphatic heterocycles. The number of hydrogen-bond donors (Lipinski definition) is 1. The molecule has 1 saturated carbocycles. The smallest absolute Gasteiger partial charge is 0.186 e. The molecule has 1 rings (SSSR count). The van der Waals surface area contributed by atoms with E-state index in [-0.39, 0.29) is 16.5 Å². The topological polar surface area (TPSA) is 37.3 Å². The van der Waals surface area contributed by atoms with Crippen molar-refractivity contribution in [1.82, 2.24) is 0 Å². The Hall–Kier alpha value is -0.0200. The molecule has 0 aromatic heterocycles. The van der Waals surface area contributed by atoms with E-state index in [2.05, 4.69) is 0 Å². The number of hydrogen-bond acceptors (Lipinski definition) is 3. The Morgan fingerprint density at radius 3 is 2.70 bits per heavy atom. The average Bonchev–Trinajstić information content (AvgIpc) is 2.15. The van der Waals surface area contributed by atoms with E-state index in [0.717, 1.165) is 19.3 Å².